The molecule has 1 saturated heterocycles. The van der Waals surface area contributed by atoms with Gasteiger partial charge in [-0.3, -0.25) is 9.69 Å². The highest BCUT2D eigenvalue weighted by Crippen LogP contribution is 2.20. The van der Waals surface area contributed by atoms with Gasteiger partial charge in [0.05, 0.1) is 23.7 Å². The number of nitrogens with one attached hydrogen (secondary N) is 1. The van der Waals surface area contributed by atoms with Gasteiger partial charge in [0, 0.05) is 31.9 Å². The van der Waals surface area contributed by atoms with Gasteiger partial charge in [0.2, 0.25) is 5.91 Å². The summed E-state index contributed by atoms with van der Waals surface area (Å²) < 4.78 is 4.96. The van der Waals surface area contributed by atoms with E-state index in [9.17, 15) is 9.59 Å². The maximum atomic E-state index is 12.1. The molecule has 0 spiro atoms. The zero-order valence-electron chi connectivity index (χ0n) is 13.4. The van der Waals surface area contributed by atoms with E-state index in [0.717, 1.165) is 0 Å². The predicted octanol–water partition coefficient (Wildman–Crippen LogP) is 1.92. The SMILES string of the molecule is CCOC(=O)N1CCN(CC(=O)Nc2ccc(C#N)c(Cl)c2)CC1. The van der Waals surface area contributed by atoms with Crippen LogP contribution in [-0.4, -0.2) is 61.1 Å². The van der Waals surface area contributed by atoms with E-state index in [-0.39, 0.29) is 18.5 Å². The topological polar surface area (TPSA) is 85.7 Å². The summed E-state index contributed by atoms with van der Waals surface area (Å²) in [6.07, 6.45) is -0.311. The van der Waals surface area contributed by atoms with E-state index in [0.29, 0.717) is 49.1 Å². The molecule has 1 aromatic rings. The van der Waals surface area contributed by atoms with E-state index in [1.165, 1.54) is 0 Å². The number of carbonyl (C=O) groups is 2. The molecule has 24 heavy (non-hydrogen) atoms. The number of rotatable bonds is 4. The number of nitriles is 1. The van der Waals surface area contributed by atoms with Crippen LogP contribution in [0.5, 0.6) is 0 Å². The maximum absolute atomic E-state index is 12.1. The van der Waals surface area contributed by atoms with Gasteiger partial charge in [-0.2, -0.15) is 5.26 Å². The van der Waals surface area contributed by atoms with Crippen LogP contribution in [0.4, 0.5) is 10.5 Å². The molecule has 0 saturated carbocycles. The van der Waals surface area contributed by atoms with Crippen molar-refractivity contribution in [1.29, 1.82) is 5.26 Å². The molecule has 1 aliphatic rings. The number of benzene rings is 1. The largest absolute Gasteiger partial charge is 0.450 e. The van der Waals surface area contributed by atoms with Gasteiger partial charge in [0.15, 0.2) is 0 Å². The molecule has 1 fully saturated rings. The lowest BCUT2D eigenvalue weighted by atomic mass is 10.2. The van der Waals surface area contributed by atoms with E-state index in [4.69, 9.17) is 21.6 Å². The molecule has 2 rings (SSSR count). The number of piperazine rings is 1. The Morgan fingerprint density at radius 1 is 1.33 bits per heavy atom. The summed E-state index contributed by atoms with van der Waals surface area (Å²) in [6, 6.07) is 6.73. The van der Waals surface area contributed by atoms with Crippen molar-refractivity contribution in [3.63, 3.8) is 0 Å². The number of hydrogen-bond acceptors (Lipinski definition) is 5. The lowest BCUT2D eigenvalue weighted by molar-refractivity contribution is -0.117. The molecule has 1 aliphatic heterocycles. The number of nitrogens with zero attached hydrogens (tertiary/aromatic N) is 3. The summed E-state index contributed by atoms with van der Waals surface area (Å²) >= 11 is 5.94. The van der Waals surface area contributed by atoms with E-state index in [1.54, 1.807) is 30.0 Å². The maximum Gasteiger partial charge on any atom is 0.409 e. The molecule has 7 nitrogen and oxygen atoms in total. The van der Waals surface area contributed by atoms with Crippen molar-refractivity contribution < 1.29 is 14.3 Å². The van der Waals surface area contributed by atoms with Crippen LogP contribution in [0.1, 0.15) is 12.5 Å². The Morgan fingerprint density at radius 3 is 2.62 bits per heavy atom. The van der Waals surface area contributed by atoms with Crippen LogP contribution in [0, 0.1) is 11.3 Å². The molecule has 1 aromatic carbocycles. The minimum Gasteiger partial charge on any atom is -0.450 e. The summed E-state index contributed by atoms with van der Waals surface area (Å²) in [5, 5.41) is 11.9. The van der Waals surface area contributed by atoms with Crippen LogP contribution in [0.15, 0.2) is 18.2 Å². The number of hydrogen-bond donors (Lipinski definition) is 1. The molecule has 1 N–H and O–H groups in total. The predicted molar refractivity (Wildman–Crippen MR) is 89.8 cm³/mol. The first-order valence-corrected chi connectivity index (χ1v) is 8.05. The molecule has 0 bridgehead atoms. The number of halogens is 1. The second-order valence-corrected chi connectivity index (χ2v) is 5.72. The quantitative estimate of drug-likeness (QED) is 0.896. The van der Waals surface area contributed by atoms with Crippen molar-refractivity contribution in [2.45, 2.75) is 6.92 Å². The van der Waals surface area contributed by atoms with E-state index < -0.39 is 0 Å². The Bertz CT molecular complexity index is 651. The molecule has 0 unspecified atom stereocenters. The molecular weight excluding hydrogens is 332 g/mol. The highest BCUT2D eigenvalue weighted by atomic mass is 35.5. The van der Waals surface area contributed by atoms with Gasteiger partial charge in [-0.1, -0.05) is 11.6 Å². The Balaban J connectivity index is 1.81. The summed E-state index contributed by atoms with van der Waals surface area (Å²) in [4.78, 5) is 27.3. The standard InChI is InChI=1S/C16H19ClN4O3/c1-2-24-16(23)21-7-5-20(6-8-21)11-15(22)19-13-4-3-12(10-18)14(17)9-13/h3-4,9H,2,5-8,11H2,1H3,(H,19,22). The summed E-state index contributed by atoms with van der Waals surface area (Å²) in [5.41, 5.74) is 0.916. The lowest BCUT2D eigenvalue weighted by Crippen LogP contribution is -2.50. The molecule has 2 amide bonds. The summed E-state index contributed by atoms with van der Waals surface area (Å²) in [6.45, 7) is 4.65. The summed E-state index contributed by atoms with van der Waals surface area (Å²) in [7, 11) is 0. The minimum absolute atomic E-state index is 0.166. The zero-order chi connectivity index (χ0) is 17.5. The number of anilines is 1. The van der Waals surface area contributed by atoms with Gasteiger partial charge in [-0.05, 0) is 25.1 Å². The molecule has 8 heteroatoms. The normalized spacial score (nSPS) is 14.8. The van der Waals surface area contributed by atoms with Gasteiger partial charge >= 0.3 is 6.09 Å². The minimum atomic E-state index is -0.311. The molecule has 128 valence electrons. The van der Waals surface area contributed by atoms with Crippen molar-refractivity contribution in [2.24, 2.45) is 0 Å². The van der Waals surface area contributed by atoms with Gasteiger partial charge in [-0.15, -0.1) is 0 Å². The van der Waals surface area contributed by atoms with Crippen molar-refractivity contribution in [1.82, 2.24) is 9.80 Å². The third-order valence-corrected chi connectivity index (χ3v) is 3.95. The Morgan fingerprint density at radius 2 is 2.04 bits per heavy atom. The molecule has 0 radical (unpaired) electrons. The van der Waals surface area contributed by atoms with E-state index in [2.05, 4.69) is 5.32 Å². The average molecular weight is 351 g/mol. The van der Waals surface area contributed by atoms with Gasteiger partial charge in [0.25, 0.3) is 0 Å². The fourth-order valence-corrected chi connectivity index (χ4v) is 2.61. The Hall–Kier alpha value is -2.30. The Kier molecular flexibility index (Phi) is 6.41. The monoisotopic (exact) mass is 350 g/mol. The third kappa shape index (κ3) is 4.85. The first-order valence-electron chi connectivity index (χ1n) is 7.67. The molecule has 0 atom stereocenters. The average Bonchev–Trinajstić information content (AvgIpc) is 2.56. The van der Waals surface area contributed by atoms with Crippen molar-refractivity contribution in [3.8, 4) is 6.07 Å². The second-order valence-electron chi connectivity index (χ2n) is 5.32. The highest BCUT2D eigenvalue weighted by Gasteiger charge is 2.23. The Labute approximate surface area is 145 Å². The van der Waals surface area contributed by atoms with Crippen LogP contribution in [-0.2, 0) is 9.53 Å². The third-order valence-electron chi connectivity index (χ3n) is 3.64. The smallest absolute Gasteiger partial charge is 0.409 e. The van der Waals surface area contributed by atoms with Crippen LogP contribution in [0.25, 0.3) is 0 Å². The van der Waals surface area contributed by atoms with Crippen molar-refractivity contribution in [3.05, 3.63) is 28.8 Å². The fourth-order valence-electron chi connectivity index (χ4n) is 2.39. The van der Waals surface area contributed by atoms with E-state index in [1.807, 2.05) is 11.0 Å². The number of amides is 2. The summed E-state index contributed by atoms with van der Waals surface area (Å²) in [5.74, 6) is -0.166. The van der Waals surface area contributed by atoms with Gasteiger partial charge < -0.3 is 15.0 Å². The van der Waals surface area contributed by atoms with Crippen LogP contribution < -0.4 is 5.32 Å². The number of ether oxygens (including phenoxy) is 1. The first-order chi connectivity index (χ1) is 11.5. The van der Waals surface area contributed by atoms with E-state index >= 15 is 0 Å². The van der Waals surface area contributed by atoms with Crippen molar-refractivity contribution in [2.75, 3.05) is 44.6 Å². The highest BCUT2D eigenvalue weighted by molar-refractivity contribution is 6.32. The molecule has 1 heterocycles. The van der Waals surface area contributed by atoms with Gasteiger partial charge in [-0.25, -0.2) is 4.79 Å². The zero-order valence-corrected chi connectivity index (χ0v) is 14.2. The fraction of sp³-hybridized carbons (Fsp3) is 0.438. The van der Waals surface area contributed by atoms with Crippen LogP contribution in [0.2, 0.25) is 5.02 Å². The first kappa shape index (κ1) is 18.0. The van der Waals surface area contributed by atoms with Gasteiger partial charge in [0.1, 0.15) is 6.07 Å². The van der Waals surface area contributed by atoms with Crippen molar-refractivity contribution >= 4 is 29.3 Å². The van der Waals surface area contributed by atoms with Crippen LogP contribution >= 0.6 is 11.6 Å². The molecule has 0 aliphatic carbocycles. The number of carbonyl (C=O) groups excluding carboxylic acids is 2. The lowest BCUT2D eigenvalue weighted by Gasteiger charge is -2.33. The molecular formula is C16H19ClN4O3. The second kappa shape index (κ2) is 8.52. The van der Waals surface area contributed by atoms with Crippen LogP contribution in [0.3, 0.4) is 0 Å². The molecule has 0 aromatic heterocycles.